The Kier molecular flexibility index (Phi) is 4.53. The van der Waals surface area contributed by atoms with Crippen LogP contribution in [-0.2, 0) is 4.74 Å². The minimum atomic E-state index is -0.439. The van der Waals surface area contributed by atoms with Crippen LogP contribution in [-0.4, -0.2) is 11.7 Å². The summed E-state index contributed by atoms with van der Waals surface area (Å²) >= 11 is 0. The highest BCUT2D eigenvalue weighted by atomic mass is 16.5. The van der Waals surface area contributed by atoms with Crippen molar-refractivity contribution < 1.29 is 4.74 Å². The monoisotopic (exact) mass is 340 g/mol. The van der Waals surface area contributed by atoms with E-state index < -0.39 is 5.41 Å². The summed E-state index contributed by atoms with van der Waals surface area (Å²) in [5.74, 6) is 1.32. The average Bonchev–Trinajstić information content (AvgIpc) is 2.99. The summed E-state index contributed by atoms with van der Waals surface area (Å²) in [5.41, 5.74) is 0.639. The van der Waals surface area contributed by atoms with Gasteiger partial charge in [-0.1, -0.05) is 11.6 Å². The van der Waals surface area contributed by atoms with E-state index in [4.69, 9.17) is 4.74 Å². The second-order valence-corrected chi connectivity index (χ2v) is 9.70. The van der Waals surface area contributed by atoms with E-state index in [2.05, 4.69) is 39.0 Å². The molecule has 6 atom stereocenters. The van der Waals surface area contributed by atoms with Crippen LogP contribution < -0.4 is 0 Å². The highest BCUT2D eigenvalue weighted by Crippen LogP contribution is 2.57. The Morgan fingerprint density at radius 3 is 2.48 bits per heavy atom. The van der Waals surface area contributed by atoms with E-state index in [1.165, 1.54) is 5.57 Å². The van der Waals surface area contributed by atoms with Crippen LogP contribution in [0.15, 0.2) is 11.6 Å². The van der Waals surface area contributed by atoms with Gasteiger partial charge in [0.1, 0.15) is 0 Å². The summed E-state index contributed by atoms with van der Waals surface area (Å²) in [6.07, 6.45) is 8.70. The zero-order valence-electron chi connectivity index (χ0n) is 16.4. The van der Waals surface area contributed by atoms with Crippen molar-refractivity contribution in [3.8, 4) is 12.1 Å². The summed E-state index contributed by atoms with van der Waals surface area (Å²) in [6.45, 7) is 10.6. The molecule has 0 aromatic rings. The second kappa shape index (κ2) is 6.14. The lowest BCUT2D eigenvalue weighted by molar-refractivity contribution is -0.126. The second-order valence-electron chi connectivity index (χ2n) is 9.70. The van der Waals surface area contributed by atoms with Gasteiger partial charge in [0.2, 0.25) is 0 Å². The third kappa shape index (κ3) is 3.02. The molecule has 1 aliphatic heterocycles. The number of hydrogen-bond acceptors (Lipinski definition) is 3. The fourth-order valence-corrected chi connectivity index (χ4v) is 5.64. The van der Waals surface area contributed by atoms with Crippen molar-refractivity contribution in [3.05, 3.63) is 11.6 Å². The highest BCUT2D eigenvalue weighted by Gasteiger charge is 2.55. The fraction of sp³-hybridized carbons (Fsp3) is 0.818. The van der Waals surface area contributed by atoms with Crippen LogP contribution in [0, 0.1) is 51.2 Å². The van der Waals surface area contributed by atoms with Crippen LogP contribution in [0.2, 0.25) is 0 Å². The molecule has 0 aromatic carbocycles. The molecule has 2 aliphatic carbocycles. The molecule has 25 heavy (non-hydrogen) atoms. The first-order valence-electron chi connectivity index (χ1n) is 9.83. The quantitative estimate of drug-likeness (QED) is 0.634. The first-order valence-corrected chi connectivity index (χ1v) is 9.83. The van der Waals surface area contributed by atoms with Crippen molar-refractivity contribution in [2.75, 3.05) is 0 Å². The standard InChI is InChI=1S/C22H32N2O/c1-15-6-7-17-16(12-15)18(8-10-21(17,4)14-24)22(5)11-9-19(25-22)20(2,3)13-23/h12,16-19H,6-11H2,1-5H3/t16-,17-,18-,19-,21+,22+/m0/s1. The number of allylic oxidation sites excluding steroid dienone is 2. The topological polar surface area (TPSA) is 56.8 Å². The van der Waals surface area contributed by atoms with E-state index in [1.807, 2.05) is 13.8 Å². The molecule has 136 valence electrons. The van der Waals surface area contributed by atoms with E-state index >= 15 is 0 Å². The van der Waals surface area contributed by atoms with E-state index in [0.29, 0.717) is 17.8 Å². The molecular formula is C22H32N2O. The van der Waals surface area contributed by atoms with Gasteiger partial charge < -0.3 is 4.74 Å². The number of fused-ring (bicyclic) bond motifs is 1. The maximum atomic E-state index is 9.81. The number of nitriles is 2. The maximum Gasteiger partial charge on any atom is 0.0779 e. The van der Waals surface area contributed by atoms with Crippen LogP contribution in [0.1, 0.15) is 73.1 Å². The molecule has 0 aromatic heterocycles. The zero-order chi connectivity index (χ0) is 18.5. The Morgan fingerprint density at radius 1 is 1.12 bits per heavy atom. The molecule has 0 bridgehead atoms. The van der Waals surface area contributed by atoms with Gasteiger partial charge in [-0.25, -0.2) is 0 Å². The summed E-state index contributed by atoms with van der Waals surface area (Å²) in [4.78, 5) is 0. The zero-order valence-corrected chi connectivity index (χ0v) is 16.4. The van der Waals surface area contributed by atoms with Crippen molar-refractivity contribution in [3.63, 3.8) is 0 Å². The minimum absolute atomic E-state index is 0.0129. The third-order valence-electron chi connectivity index (χ3n) is 7.50. The van der Waals surface area contributed by atoms with Crippen LogP contribution in [0.4, 0.5) is 0 Å². The molecule has 0 amide bonds. The number of nitrogens with zero attached hydrogens (tertiary/aromatic N) is 2. The summed E-state index contributed by atoms with van der Waals surface area (Å²) < 4.78 is 6.60. The predicted octanol–water partition coefficient (Wildman–Crippen LogP) is 5.39. The molecule has 1 saturated carbocycles. The van der Waals surface area contributed by atoms with Crippen LogP contribution >= 0.6 is 0 Å². The van der Waals surface area contributed by atoms with Crippen molar-refractivity contribution >= 4 is 0 Å². The van der Waals surface area contributed by atoms with E-state index in [1.54, 1.807) is 0 Å². The van der Waals surface area contributed by atoms with Crippen molar-refractivity contribution in [2.24, 2.45) is 28.6 Å². The Labute approximate surface area is 153 Å². The first-order chi connectivity index (χ1) is 11.6. The molecule has 0 unspecified atom stereocenters. The maximum absolute atomic E-state index is 9.81. The van der Waals surface area contributed by atoms with Gasteiger partial charge in [-0.05, 0) is 90.9 Å². The predicted molar refractivity (Wildman–Crippen MR) is 98.3 cm³/mol. The smallest absolute Gasteiger partial charge is 0.0779 e. The van der Waals surface area contributed by atoms with Crippen molar-refractivity contribution in [1.82, 2.24) is 0 Å². The minimum Gasteiger partial charge on any atom is -0.370 e. The highest BCUT2D eigenvalue weighted by molar-refractivity contribution is 5.19. The fourth-order valence-electron chi connectivity index (χ4n) is 5.64. The lowest BCUT2D eigenvalue weighted by Gasteiger charge is -2.52. The molecule has 3 aliphatic rings. The largest absolute Gasteiger partial charge is 0.370 e. The summed E-state index contributed by atoms with van der Waals surface area (Å²) in [7, 11) is 0. The normalized spacial score (nSPS) is 44.4. The van der Waals surface area contributed by atoms with Crippen LogP contribution in [0.3, 0.4) is 0 Å². The molecule has 0 radical (unpaired) electrons. The van der Waals surface area contributed by atoms with Gasteiger partial charge >= 0.3 is 0 Å². The van der Waals surface area contributed by atoms with Gasteiger partial charge in [0.15, 0.2) is 0 Å². The van der Waals surface area contributed by atoms with Crippen molar-refractivity contribution in [2.45, 2.75) is 84.8 Å². The lowest BCUT2D eigenvalue weighted by Crippen LogP contribution is -2.50. The molecule has 3 heteroatoms. The molecule has 2 fully saturated rings. The molecule has 3 rings (SSSR count). The summed E-state index contributed by atoms with van der Waals surface area (Å²) in [5, 5.41) is 19.3. The Hall–Kier alpha value is -1.32. The molecule has 1 saturated heterocycles. The molecule has 0 N–H and O–H groups in total. The van der Waals surface area contributed by atoms with E-state index in [0.717, 1.165) is 38.5 Å². The number of hydrogen-bond donors (Lipinski definition) is 0. The molecule has 3 nitrogen and oxygen atoms in total. The Bertz CT molecular complexity index is 652. The van der Waals surface area contributed by atoms with Crippen molar-refractivity contribution in [1.29, 1.82) is 10.5 Å². The molecular weight excluding hydrogens is 308 g/mol. The SMILES string of the molecule is CC1=C[C@H]2[C@H](CC1)[C@@](C)(C#N)CC[C@@H]2[C@@]1(C)CC[C@@H](C(C)(C)C#N)O1. The molecule has 1 heterocycles. The lowest BCUT2D eigenvalue weighted by atomic mass is 9.53. The number of rotatable bonds is 2. The van der Waals surface area contributed by atoms with E-state index in [9.17, 15) is 10.5 Å². The molecule has 0 spiro atoms. The van der Waals surface area contributed by atoms with Crippen LogP contribution in [0.25, 0.3) is 0 Å². The Morgan fingerprint density at radius 2 is 1.84 bits per heavy atom. The van der Waals surface area contributed by atoms with Gasteiger partial charge in [0.05, 0.1) is 34.7 Å². The number of ether oxygens (including phenoxy) is 1. The first kappa shape index (κ1) is 18.5. The van der Waals surface area contributed by atoms with Gasteiger partial charge in [0, 0.05) is 0 Å². The Balaban J connectivity index is 1.89. The van der Waals surface area contributed by atoms with Gasteiger partial charge in [0.25, 0.3) is 0 Å². The average molecular weight is 341 g/mol. The van der Waals surface area contributed by atoms with Crippen LogP contribution in [0.5, 0.6) is 0 Å². The van der Waals surface area contributed by atoms with Gasteiger partial charge in [-0.2, -0.15) is 10.5 Å². The van der Waals surface area contributed by atoms with E-state index in [-0.39, 0.29) is 17.1 Å². The van der Waals surface area contributed by atoms with Gasteiger partial charge in [-0.3, -0.25) is 0 Å². The summed E-state index contributed by atoms with van der Waals surface area (Å²) in [6, 6.07) is 5.08. The van der Waals surface area contributed by atoms with Gasteiger partial charge in [-0.15, -0.1) is 0 Å². The third-order valence-corrected chi connectivity index (χ3v) is 7.50.